The summed E-state index contributed by atoms with van der Waals surface area (Å²) in [7, 11) is 0. The Hall–Kier alpha value is -0.634. The van der Waals surface area contributed by atoms with Crippen LogP contribution >= 0.6 is 0 Å². The van der Waals surface area contributed by atoms with Gasteiger partial charge in [0.1, 0.15) is 13.2 Å². The zero-order valence-corrected chi connectivity index (χ0v) is 6.65. The van der Waals surface area contributed by atoms with Gasteiger partial charge in [0, 0.05) is 0 Å². The molecule has 2 amide bonds. The topological polar surface area (TPSA) is 127 Å². The standard InChI is InChI=1S/2C2H5NO2.Co/c2*3-2(5)1-4;/h2*4H,1H2,(H2,3,5);/q;;+2. The third-order valence-electron chi connectivity index (χ3n) is 0.312. The molecule has 1 radical (unpaired) electrons. The maximum atomic E-state index is 9.34. The molecule has 0 aliphatic rings. The molecule has 0 atom stereocenters. The third kappa shape index (κ3) is 44.8. The van der Waals surface area contributed by atoms with Crippen LogP contribution in [-0.2, 0) is 26.4 Å². The van der Waals surface area contributed by atoms with Crippen molar-refractivity contribution in [2.45, 2.75) is 0 Å². The molecular weight excluding hydrogens is 199 g/mol. The van der Waals surface area contributed by atoms with Crippen molar-refractivity contribution in [2.24, 2.45) is 11.5 Å². The molecule has 0 aliphatic carbocycles. The van der Waals surface area contributed by atoms with Gasteiger partial charge in [-0.25, -0.2) is 0 Å². The summed E-state index contributed by atoms with van der Waals surface area (Å²) in [6, 6.07) is 0. The summed E-state index contributed by atoms with van der Waals surface area (Å²) >= 11 is 0. The molecule has 0 saturated carbocycles. The molecule has 11 heavy (non-hydrogen) atoms. The Kier molecular flexibility index (Phi) is 18.4. The first-order chi connectivity index (χ1) is 4.54. The predicted octanol–water partition coefficient (Wildman–Crippen LogP) is -3.07. The van der Waals surface area contributed by atoms with E-state index in [4.69, 9.17) is 10.2 Å². The second-order valence-corrected chi connectivity index (χ2v) is 1.25. The minimum Gasteiger partial charge on any atom is -0.387 e. The van der Waals surface area contributed by atoms with E-state index < -0.39 is 25.0 Å². The first-order valence-electron chi connectivity index (χ1n) is 2.33. The first kappa shape index (κ1) is 16.8. The number of hydrogen-bond donors (Lipinski definition) is 4. The van der Waals surface area contributed by atoms with Gasteiger partial charge in [-0.3, -0.25) is 9.59 Å². The Bertz CT molecular complexity index is 105. The van der Waals surface area contributed by atoms with Crippen LogP contribution in [0.4, 0.5) is 0 Å². The van der Waals surface area contributed by atoms with Crippen molar-refractivity contribution in [3.05, 3.63) is 0 Å². The number of amides is 2. The van der Waals surface area contributed by atoms with Gasteiger partial charge in [0.25, 0.3) is 0 Å². The summed E-state index contributed by atoms with van der Waals surface area (Å²) in [5.41, 5.74) is 8.81. The Morgan fingerprint density at radius 1 is 1.00 bits per heavy atom. The fourth-order valence-electron chi connectivity index (χ4n) is 0. The van der Waals surface area contributed by atoms with Gasteiger partial charge in [0.05, 0.1) is 0 Å². The minimum atomic E-state index is -0.690. The van der Waals surface area contributed by atoms with E-state index in [-0.39, 0.29) is 16.8 Å². The van der Waals surface area contributed by atoms with Crippen LogP contribution < -0.4 is 11.5 Å². The van der Waals surface area contributed by atoms with E-state index in [2.05, 4.69) is 11.5 Å². The number of carbonyl (C=O) groups is 2. The Morgan fingerprint density at radius 2 is 1.09 bits per heavy atom. The van der Waals surface area contributed by atoms with Gasteiger partial charge in [-0.15, -0.1) is 0 Å². The van der Waals surface area contributed by atoms with Crippen LogP contribution in [0.1, 0.15) is 0 Å². The van der Waals surface area contributed by atoms with Crippen molar-refractivity contribution < 1.29 is 36.6 Å². The van der Waals surface area contributed by atoms with E-state index in [0.29, 0.717) is 0 Å². The molecule has 67 valence electrons. The van der Waals surface area contributed by atoms with Gasteiger partial charge < -0.3 is 21.7 Å². The van der Waals surface area contributed by atoms with Crippen LogP contribution in [0.25, 0.3) is 0 Å². The van der Waals surface area contributed by atoms with Crippen molar-refractivity contribution in [2.75, 3.05) is 13.2 Å². The second kappa shape index (κ2) is 12.1. The smallest absolute Gasteiger partial charge is 0.387 e. The van der Waals surface area contributed by atoms with Crippen LogP contribution in [0, 0.1) is 0 Å². The van der Waals surface area contributed by atoms with E-state index >= 15 is 0 Å². The number of nitrogens with two attached hydrogens (primary N) is 2. The van der Waals surface area contributed by atoms with Crippen molar-refractivity contribution in [1.82, 2.24) is 0 Å². The van der Waals surface area contributed by atoms with Crippen LogP contribution in [0.3, 0.4) is 0 Å². The summed E-state index contributed by atoms with van der Waals surface area (Å²) in [5.74, 6) is -1.38. The normalized spacial score (nSPS) is 6.73. The van der Waals surface area contributed by atoms with E-state index in [0.717, 1.165) is 0 Å². The molecular formula is C4H10CoN2O4+2. The minimum absolute atomic E-state index is 0. The van der Waals surface area contributed by atoms with Crippen LogP contribution in [0.15, 0.2) is 0 Å². The van der Waals surface area contributed by atoms with Crippen LogP contribution in [0.2, 0.25) is 0 Å². The fourth-order valence-corrected chi connectivity index (χ4v) is 0. The fraction of sp³-hybridized carbons (Fsp3) is 0.500. The molecule has 0 fully saturated rings. The van der Waals surface area contributed by atoms with Gasteiger partial charge in [-0.05, 0) is 0 Å². The van der Waals surface area contributed by atoms with E-state index in [9.17, 15) is 9.59 Å². The van der Waals surface area contributed by atoms with Crippen molar-refractivity contribution in [3.8, 4) is 0 Å². The maximum Gasteiger partial charge on any atom is 2.00 e. The van der Waals surface area contributed by atoms with Crippen molar-refractivity contribution in [3.63, 3.8) is 0 Å². The van der Waals surface area contributed by atoms with Crippen LogP contribution in [-0.4, -0.2) is 35.2 Å². The van der Waals surface area contributed by atoms with Gasteiger partial charge in [-0.1, -0.05) is 0 Å². The molecule has 0 unspecified atom stereocenters. The van der Waals surface area contributed by atoms with Gasteiger partial charge in [0.15, 0.2) is 0 Å². The van der Waals surface area contributed by atoms with E-state index in [1.807, 2.05) is 0 Å². The average Bonchev–Trinajstić information content (AvgIpc) is 1.89. The maximum absolute atomic E-state index is 9.34. The molecule has 0 rings (SSSR count). The van der Waals surface area contributed by atoms with Crippen molar-refractivity contribution in [1.29, 1.82) is 0 Å². The molecule has 0 saturated heterocycles. The summed E-state index contributed by atoms with van der Waals surface area (Å²) < 4.78 is 0. The molecule has 7 heteroatoms. The second-order valence-electron chi connectivity index (χ2n) is 1.25. The molecule has 0 heterocycles. The Labute approximate surface area is 73.8 Å². The first-order valence-corrected chi connectivity index (χ1v) is 2.33. The number of rotatable bonds is 2. The molecule has 6 N–H and O–H groups in total. The monoisotopic (exact) mass is 209 g/mol. The predicted molar refractivity (Wildman–Crippen MR) is 32.6 cm³/mol. The number of primary amides is 2. The van der Waals surface area contributed by atoms with E-state index in [1.54, 1.807) is 0 Å². The van der Waals surface area contributed by atoms with Crippen LogP contribution in [0.5, 0.6) is 0 Å². The van der Waals surface area contributed by atoms with Crippen molar-refractivity contribution >= 4 is 11.8 Å². The van der Waals surface area contributed by atoms with Gasteiger partial charge in [0.2, 0.25) is 11.8 Å². The molecule has 6 nitrogen and oxygen atoms in total. The number of carbonyl (C=O) groups excluding carboxylic acids is 2. The molecule has 0 aromatic carbocycles. The van der Waals surface area contributed by atoms with E-state index in [1.165, 1.54) is 0 Å². The van der Waals surface area contributed by atoms with Gasteiger partial charge in [-0.2, -0.15) is 0 Å². The Morgan fingerprint density at radius 3 is 1.09 bits per heavy atom. The quantitative estimate of drug-likeness (QED) is 0.384. The zero-order valence-electron chi connectivity index (χ0n) is 5.61. The number of aliphatic hydroxyl groups is 2. The third-order valence-corrected chi connectivity index (χ3v) is 0.312. The molecule has 0 aliphatic heterocycles. The molecule has 0 spiro atoms. The van der Waals surface area contributed by atoms with Gasteiger partial charge >= 0.3 is 16.8 Å². The number of hydrogen-bond acceptors (Lipinski definition) is 4. The Balaban J connectivity index is -0.000000107. The summed E-state index contributed by atoms with van der Waals surface area (Å²) in [6.45, 7) is -1.11. The summed E-state index contributed by atoms with van der Waals surface area (Å²) in [5, 5.41) is 15.3. The summed E-state index contributed by atoms with van der Waals surface area (Å²) in [6.07, 6.45) is 0. The molecule has 0 bridgehead atoms. The molecule has 0 aromatic heterocycles. The SMILES string of the molecule is NC(=O)CO.NC(=O)CO.[Co+2]. The average molecular weight is 209 g/mol. The largest absolute Gasteiger partial charge is 2.00 e. The number of aliphatic hydroxyl groups excluding tert-OH is 2. The zero-order chi connectivity index (χ0) is 8.57. The molecule has 0 aromatic rings. The summed E-state index contributed by atoms with van der Waals surface area (Å²) in [4.78, 5) is 18.7.